The molecule has 1 saturated heterocycles. The summed E-state index contributed by atoms with van der Waals surface area (Å²) in [5.41, 5.74) is 3.58. The molecule has 4 aromatic rings. The number of carbonyl (C=O) groups excluding carboxylic acids is 1. The third-order valence-electron chi connectivity index (χ3n) is 4.99. The number of aromatic nitrogens is 1. The maximum atomic E-state index is 13.4. The minimum absolute atomic E-state index is 0.0981. The van der Waals surface area contributed by atoms with E-state index in [1.165, 1.54) is 11.8 Å². The summed E-state index contributed by atoms with van der Waals surface area (Å²) in [4.78, 5) is 23.6. The van der Waals surface area contributed by atoms with Crippen molar-refractivity contribution in [1.82, 2.24) is 4.98 Å². The summed E-state index contributed by atoms with van der Waals surface area (Å²) in [5, 5.41) is 1.73. The lowest BCUT2D eigenvalue weighted by molar-refractivity contribution is -0.113. The molecule has 1 fully saturated rings. The minimum Gasteiger partial charge on any atom is -0.497 e. The van der Waals surface area contributed by atoms with Crippen molar-refractivity contribution in [3.8, 4) is 5.75 Å². The maximum Gasteiger partial charge on any atom is 0.271 e. The monoisotopic (exact) mass is 425 g/mol. The molecule has 5 rings (SSSR count). The van der Waals surface area contributed by atoms with Crippen molar-refractivity contribution in [1.29, 1.82) is 0 Å². The largest absolute Gasteiger partial charge is 0.497 e. The Morgan fingerprint density at radius 3 is 2.58 bits per heavy atom. The first kappa shape index (κ1) is 19.2. The van der Waals surface area contributed by atoms with Crippen LogP contribution < -0.4 is 9.64 Å². The molecule has 0 radical (unpaired) electrons. The number of H-pyrrole nitrogens is 1. The van der Waals surface area contributed by atoms with E-state index in [4.69, 9.17) is 9.73 Å². The number of para-hydroxylation sites is 1. The van der Waals surface area contributed by atoms with Gasteiger partial charge in [-0.25, -0.2) is 4.99 Å². The van der Waals surface area contributed by atoms with E-state index >= 15 is 0 Å². The Labute approximate surface area is 184 Å². The molecule has 0 bridgehead atoms. The number of methoxy groups -OCH3 is 1. The zero-order valence-corrected chi connectivity index (χ0v) is 17.6. The summed E-state index contributed by atoms with van der Waals surface area (Å²) in [5.74, 6) is 0.638. The number of nitrogens with zero attached hydrogens (tertiary/aromatic N) is 2. The van der Waals surface area contributed by atoms with Crippen LogP contribution in [0, 0.1) is 0 Å². The van der Waals surface area contributed by atoms with Crippen LogP contribution in [0.3, 0.4) is 0 Å². The van der Waals surface area contributed by atoms with Crippen LogP contribution in [0.25, 0.3) is 17.0 Å². The summed E-state index contributed by atoms with van der Waals surface area (Å²) in [6, 6.07) is 25.2. The van der Waals surface area contributed by atoms with Crippen molar-refractivity contribution >= 4 is 51.2 Å². The Bertz CT molecular complexity index is 1310. The van der Waals surface area contributed by atoms with Gasteiger partial charge in [0.2, 0.25) is 0 Å². The third-order valence-corrected chi connectivity index (χ3v) is 5.96. The molecule has 0 aliphatic carbocycles. The smallest absolute Gasteiger partial charge is 0.271 e. The number of rotatable bonds is 4. The average molecular weight is 426 g/mol. The quantitative estimate of drug-likeness (QED) is 0.409. The van der Waals surface area contributed by atoms with Crippen molar-refractivity contribution in [3.05, 3.63) is 95.5 Å². The number of carbonyl (C=O) groups is 1. The van der Waals surface area contributed by atoms with Crippen LogP contribution in [-0.2, 0) is 4.79 Å². The van der Waals surface area contributed by atoms with Crippen LogP contribution in [-0.4, -0.2) is 23.2 Å². The van der Waals surface area contributed by atoms with E-state index in [0.29, 0.717) is 10.1 Å². The normalized spacial score (nSPS) is 16.5. The molecule has 3 aromatic carbocycles. The predicted molar refractivity (Wildman–Crippen MR) is 128 cm³/mol. The van der Waals surface area contributed by atoms with Crippen LogP contribution in [0.4, 0.5) is 11.4 Å². The van der Waals surface area contributed by atoms with Crippen molar-refractivity contribution in [3.63, 3.8) is 0 Å². The molecule has 0 saturated carbocycles. The number of ether oxygens (including phenoxy) is 1. The van der Waals surface area contributed by atoms with Gasteiger partial charge in [-0.3, -0.25) is 9.69 Å². The molecule has 152 valence electrons. The first-order valence-electron chi connectivity index (χ1n) is 9.80. The van der Waals surface area contributed by atoms with Gasteiger partial charge < -0.3 is 9.72 Å². The molecule has 1 aliphatic heterocycles. The molecule has 0 spiro atoms. The summed E-state index contributed by atoms with van der Waals surface area (Å²) < 4.78 is 5.26. The molecule has 0 unspecified atom stereocenters. The fourth-order valence-corrected chi connectivity index (χ4v) is 4.43. The topological polar surface area (TPSA) is 57.7 Å². The van der Waals surface area contributed by atoms with Crippen LogP contribution in [0.1, 0.15) is 5.56 Å². The van der Waals surface area contributed by atoms with Crippen LogP contribution in [0.15, 0.2) is 95.0 Å². The van der Waals surface area contributed by atoms with Crippen LogP contribution >= 0.6 is 11.8 Å². The lowest BCUT2D eigenvalue weighted by Crippen LogP contribution is -2.28. The van der Waals surface area contributed by atoms with Crippen molar-refractivity contribution in [2.75, 3.05) is 12.0 Å². The number of amidine groups is 1. The zero-order valence-electron chi connectivity index (χ0n) is 16.8. The molecule has 1 N–H and O–H groups in total. The highest BCUT2D eigenvalue weighted by Gasteiger charge is 2.34. The number of hydrogen-bond donors (Lipinski definition) is 1. The Morgan fingerprint density at radius 2 is 1.81 bits per heavy atom. The van der Waals surface area contributed by atoms with E-state index in [-0.39, 0.29) is 5.91 Å². The number of benzene rings is 3. The second-order valence-corrected chi connectivity index (χ2v) is 8.01. The zero-order chi connectivity index (χ0) is 21.2. The number of amides is 1. The molecule has 31 heavy (non-hydrogen) atoms. The Balaban J connectivity index is 1.56. The predicted octanol–water partition coefficient (Wildman–Crippen LogP) is 5.99. The van der Waals surface area contributed by atoms with Gasteiger partial charge >= 0.3 is 0 Å². The molecular weight excluding hydrogens is 406 g/mol. The van der Waals surface area contributed by atoms with E-state index in [1.54, 1.807) is 12.0 Å². The van der Waals surface area contributed by atoms with Crippen molar-refractivity contribution in [2.24, 2.45) is 4.99 Å². The van der Waals surface area contributed by atoms with E-state index in [9.17, 15) is 4.79 Å². The number of aliphatic imine (C=N–C) groups is 1. The van der Waals surface area contributed by atoms with Gasteiger partial charge in [0.15, 0.2) is 5.17 Å². The molecule has 0 atom stereocenters. The van der Waals surface area contributed by atoms with Gasteiger partial charge in [0.05, 0.1) is 23.4 Å². The molecule has 5 nitrogen and oxygen atoms in total. The van der Waals surface area contributed by atoms with E-state index in [1.807, 2.05) is 85.1 Å². The molecule has 1 aromatic heterocycles. The Kier molecular flexibility index (Phi) is 5.06. The van der Waals surface area contributed by atoms with Crippen molar-refractivity contribution in [2.45, 2.75) is 0 Å². The van der Waals surface area contributed by atoms with E-state index < -0.39 is 0 Å². The van der Waals surface area contributed by atoms with Gasteiger partial charge in [0.1, 0.15) is 5.75 Å². The summed E-state index contributed by atoms with van der Waals surface area (Å²) in [6.45, 7) is 0. The fourth-order valence-electron chi connectivity index (χ4n) is 3.43. The lowest BCUT2D eigenvalue weighted by atomic mass is 10.1. The molecule has 6 heteroatoms. The molecule has 2 heterocycles. The molecular formula is C25H19N3O2S. The standard InChI is InChI=1S/C25H19N3O2S/c1-30-21-10-8-20(9-11-21)28-24(29)23(31-25(28)27-19-5-3-2-4-6-19)16-17-7-12-22-18(15-17)13-14-26-22/h2-16,26H,1H3. The maximum absolute atomic E-state index is 13.4. The van der Waals surface area contributed by atoms with E-state index in [0.717, 1.165) is 33.6 Å². The highest BCUT2D eigenvalue weighted by molar-refractivity contribution is 8.19. The number of nitrogens with one attached hydrogen (secondary N) is 1. The number of aromatic amines is 1. The van der Waals surface area contributed by atoms with Gasteiger partial charge in [0.25, 0.3) is 5.91 Å². The SMILES string of the molecule is COc1ccc(N2C(=O)C(=Cc3ccc4[nH]ccc4c3)SC2=Nc2ccccc2)cc1. The lowest BCUT2D eigenvalue weighted by Gasteiger charge is -2.16. The second-order valence-electron chi connectivity index (χ2n) is 7.00. The number of hydrogen-bond acceptors (Lipinski definition) is 4. The minimum atomic E-state index is -0.0981. The molecule has 1 amide bonds. The first-order chi connectivity index (χ1) is 15.2. The molecule has 1 aliphatic rings. The van der Waals surface area contributed by atoms with Gasteiger partial charge in [0, 0.05) is 11.7 Å². The first-order valence-corrected chi connectivity index (χ1v) is 10.6. The van der Waals surface area contributed by atoms with E-state index in [2.05, 4.69) is 11.1 Å². The van der Waals surface area contributed by atoms with Crippen molar-refractivity contribution < 1.29 is 9.53 Å². The van der Waals surface area contributed by atoms with Crippen LogP contribution in [0.2, 0.25) is 0 Å². The Hall–Kier alpha value is -3.77. The highest BCUT2D eigenvalue weighted by atomic mass is 32.2. The van der Waals surface area contributed by atoms with Gasteiger partial charge in [-0.15, -0.1) is 0 Å². The Morgan fingerprint density at radius 1 is 1.00 bits per heavy atom. The number of fused-ring (bicyclic) bond motifs is 1. The summed E-state index contributed by atoms with van der Waals surface area (Å²) >= 11 is 1.38. The van der Waals surface area contributed by atoms with Gasteiger partial charge in [-0.2, -0.15) is 0 Å². The summed E-state index contributed by atoms with van der Waals surface area (Å²) in [7, 11) is 1.62. The van der Waals surface area contributed by atoms with Gasteiger partial charge in [-0.1, -0.05) is 24.3 Å². The highest BCUT2D eigenvalue weighted by Crippen LogP contribution is 2.38. The number of anilines is 1. The number of thioether (sulfide) groups is 1. The fraction of sp³-hybridized carbons (Fsp3) is 0.0400. The summed E-state index contributed by atoms with van der Waals surface area (Å²) in [6.07, 6.45) is 3.83. The van der Waals surface area contributed by atoms with Crippen LogP contribution in [0.5, 0.6) is 5.75 Å². The average Bonchev–Trinajstić information content (AvgIpc) is 3.39. The van der Waals surface area contributed by atoms with Gasteiger partial charge in [-0.05, 0) is 83.4 Å². The second kappa shape index (κ2) is 8.16. The third kappa shape index (κ3) is 3.85.